The van der Waals surface area contributed by atoms with E-state index < -0.39 is 0 Å². The SMILES string of the molecule is CCCCC1CCCC(C)(C)C1(C)CC. The fourth-order valence-corrected chi connectivity index (χ4v) is 3.63. The van der Waals surface area contributed by atoms with Crippen molar-refractivity contribution in [1.82, 2.24) is 0 Å². The van der Waals surface area contributed by atoms with Gasteiger partial charge in [0.1, 0.15) is 0 Å². The molecule has 1 saturated carbocycles. The molecule has 0 amide bonds. The summed E-state index contributed by atoms with van der Waals surface area (Å²) in [5, 5.41) is 0. The highest BCUT2D eigenvalue weighted by molar-refractivity contribution is 4.96. The highest BCUT2D eigenvalue weighted by Crippen LogP contribution is 2.56. The van der Waals surface area contributed by atoms with Crippen molar-refractivity contribution >= 4 is 0 Å². The van der Waals surface area contributed by atoms with Crippen molar-refractivity contribution in [3.8, 4) is 0 Å². The Bertz CT molecular complexity index is 192. The molecule has 0 N–H and O–H groups in total. The molecule has 15 heavy (non-hydrogen) atoms. The second-order valence-electron chi connectivity index (χ2n) is 6.39. The van der Waals surface area contributed by atoms with Gasteiger partial charge in [0, 0.05) is 0 Å². The van der Waals surface area contributed by atoms with E-state index in [2.05, 4.69) is 34.6 Å². The van der Waals surface area contributed by atoms with Crippen LogP contribution in [0.4, 0.5) is 0 Å². The van der Waals surface area contributed by atoms with E-state index in [0.717, 1.165) is 5.92 Å². The summed E-state index contributed by atoms with van der Waals surface area (Å²) in [6, 6.07) is 0. The predicted octanol–water partition coefficient (Wildman–Crippen LogP) is 5.42. The van der Waals surface area contributed by atoms with Crippen LogP contribution in [-0.4, -0.2) is 0 Å². The van der Waals surface area contributed by atoms with E-state index in [1.165, 1.54) is 44.9 Å². The molecule has 0 heteroatoms. The Kier molecular flexibility index (Phi) is 4.26. The van der Waals surface area contributed by atoms with E-state index in [-0.39, 0.29) is 0 Å². The average molecular weight is 210 g/mol. The second-order valence-corrected chi connectivity index (χ2v) is 6.39. The maximum atomic E-state index is 2.55. The van der Waals surface area contributed by atoms with Gasteiger partial charge in [0.15, 0.2) is 0 Å². The molecule has 1 aliphatic rings. The number of rotatable bonds is 4. The highest BCUT2D eigenvalue weighted by Gasteiger charge is 2.46. The second kappa shape index (κ2) is 4.89. The van der Waals surface area contributed by atoms with Crippen molar-refractivity contribution in [1.29, 1.82) is 0 Å². The maximum Gasteiger partial charge on any atom is -0.0249 e. The summed E-state index contributed by atoms with van der Waals surface area (Å²) in [5.74, 6) is 0.978. The molecule has 2 unspecified atom stereocenters. The molecule has 1 rings (SSSR count). The summed E-state index contributed by atoms with van der Waals surface area (Å²) < 4.78 is 0. The number of unbranched alkanes of at least 4 members (excludes halogenated alkanes) is 1. The van der Waals surface area contributed by atoms with E-state index in [9.17, 15) is 0 Å². The number of hydrogen-bond acceptors (Lipinski definition) is 0. The van der Waals surface area contributed by atoms with Crippen molar-refractivity contribution in [2.45, 2.75) is 79.6 Å². The van der Waals surface area contributed by atoms with Gasteiger partial charge in [0.25, 0.3) is 0 Å². The minimum absolute atomic E-state index is 0.554. The molecule has 1 fully saturated rings. The van der Waals surface area contributed by atoms with Crippen LogP contribution in [0, 0.1) is 16.7 Å². The van der Waals surface area contributed by atoms with Gasteiger partial charge in [-0.15, -0.1) is 0 Å². The predicted molar refractivity (Wildman–Crippen MR) is 69.0 cm³/mol. The van der Waals surface area contributed by atoms with Crippen LogP contribution in [-0.2, 0) is 0 Å². The van der Waals surface area contributed by atoms with Crippen molar-refractivity contribution in [3.05, 3.63) is 0 Å². The quantitative estimate of drug-likeness (QED) is 0.581. The standard InChI is InChI=1S/C15H30/c1-6-8-10-13-11-9-12-14(3,4)15(13,5)7-2/h13H,6-12H2,1-5H3. The minimum Gasteiger partial charge on any atom is -0.0654 e. The van der Waals surface area contributed by atoms with Gasteiger partial charge in [-0.25, -0.2) is 0 Å². The van der Waals surface area contributed by atoms with E-state index in [4.69, 9.17) is 0 Å². The molecule has 0 aromatic heterocycles. The Morgan fingerprint density at radius 2 is 1.80 bits per heavy atom. The van der Waals surface area contributed by atoms with Gasteiger partial charge in [0.2, 0.25) is 0 Å². The summed E-state index contributed by atoms with van der Waals surface area (Å²) in [7, 11) is 0. The van der Waals surface area contributed by atoms with Crippen LogP contribution in [0.3, 0.4) is 0 Å². The first kappa shape index (κ1) is 13.1. The van der Waals surface area contributed by atoms with Crippen molar-refractivity contribution < 1.29 is 0 Å². The topological polar surface area (TPSA) is 0 Å². The lowest BCUT2D eigenvalue weighted by molar-refractivity contribution is -0.0337. The minimum atomic E-state index is 0.554. The van der Waals surface area contributed by atoms with Crippen LogP contribution in [0.5, 0.6) is 0 Å². The van der Waals surface area contributed by atoms with Gasteiger partial charge < -0.3 is 0 Å². The molecule has 0 spiro atoms. The van der Waals surface area contributed by atoms with E-state index in [1.807, 2.05) is 0 Å². The Hall–Kier alpha value is 0. The monoisotopic (exact) mass is 210 g/mol. The smallest absolute Gasteiger partial charge is 0.0249 e. The number of hydrogen-bond donors (Lipinski definition) is 0. The molecule has 0 aromatic carbocycles. The Balaban J connectivity index is 2.76. The lowest BCUT2D eigenvalue weighted by Crippen LogP contribution is -2.44. The normalized spacial score (nSPS) is 35.4. The molecular formula is C15H30. The lowest BCUT2D eigenvalue weighted by Gasteiger charge is -2.53. The van der Waals surface area contributed by atoms with Crippen LogP contribution in [0.15, 0.2) is 0 Å². The third-order valence-corrected chi connectivity index (χ3v) is 5.44. The molecule has 0 heterocycles. The fourth-order valence-electron chi connectivity index (χ4n) is 3.63. The zero-order valence-corrected chi connectivity index (χ0v) is 11.5. The largest absolute Gasteiger partial charge is 0.0654 e. The summed E-state index contributed by atoms with van der Waals surface area (Å²) in [6.07, 6.45) is 9.97. The molecule has 0 aliphatic heterocycles. The summed E-state index contributed by atoms with van der Waals surface area (Å²) in [6.45, 7) is 12.2. The molecule has 0 saturated heterocycles. The van der Waals surface area contributed by atoms with Crippen molar-refractivity contribution in [2.75, 3.05) is 0 Å². The average Bonchev–Trinajstić information content (AvgIpc) is 2.20. The van der Waals surface area contributed by atoms with Gasteiger partial charge in [0.05, 0.1) is 0 Å². The molecular weight excluding hydrogens is 180 g/mol. The van der Waals surface area contributed by atoms with Gasteiger partial charge in [-0.2, -0.15) is 0 Å². The van der Waals surface area contributed by atoms with Gasteiger partial charge in [-0.3, -0.25) is 0 Å². The Morgan fingerprint density at radius 1 is 1.13 bits per heavy atom. The third-order valence-electron chi connectivity index (χ3n) is 5.44. The van der Waals surface area contributed by atoms with E-state index >= 15 is 0 Å². The van der Waals surface area contributed by atoms with Crippen molar-refractivity contribution in [2.24, 2.45) is 16.7 Å². The lowest BCUT2D eigenvalue weighted by atomic mass is 9.52. The van der Waals surface area contributed by atoms with Crippen molar-refractivity contribution in [3.63, 3.8) is 0 Å². The molecule has 0 aromatic rings. The summed E-state index contributed by atoms with van der Waals surface area (Å²) >= 11 is 0. The molecule has 0 radical (unpaired) electrons. The zero-order chi connectivity index (χ0) is 11.5. The van der Waals surface area contributed by atoms with Crippen LogP contribution in [0.2, 0.25) is 0 Å². The Labute approximate surface area is 96.8 Å². The van der Waals surface area contributed by atoms with Crippen LogP contribution in [0.1, 0.15) is 79.6 Å². The van der Waals surface area contributed by atoms with Gasteiger partial charge >= 0.3 is 0 Å². The van der Waals surface area contributed by atoms with E-state index in [1.54, 1.807) is 0 Å². The summed E-state index contributed by atoms with van der Waals surface area (Å²) in [4.78, 5) is 0. The first-order valence-corrected chi connectivity index (χ1v) is 6.98. The summed E-state index contributed by atoms with van der Waals surface area (Å²) in [5.41, 5.74) is 1.14. The highest BCUT2D eigenvalue weighted by atomic mass is 14.5. The maximum absolute atomic E-state index is 2.55. The third kappa shape index (κ3) is 2.40. The molecule has 2 atom stereocenters. The van der Waals surface area contributed by atoms with Crippen LogP contribution < -0.4 is 0 Å². The molecule has 1 aliphatic carbocycles. The van der Waals surface area contributed by atoms with Crippen LogP contribution >= 0.6 is 0 Å². The van der Waals surface area contributed by atoms with Gasteiger partial charge in [-0.05, 0) is 42.4 Å². The zero-order valence-electron chi connectivity index (χ0n) is 11.5. The Morgan fingerprint density at radius 3 is 2.33 bits per heavy atom. The van der Waals surface area contributed by atoms with Crippen LogP contribution in [0.25, 0.3) is 0 Å². The first-order valence-electron chi connectivity index (χ1n) is 6.98. The molecule has 90 valence electrons. The van der Waals surface area contributed by atoms with E-state index in [0.29, 0.717) is 10.8 Å². The molecule has 0 nitrogen and oxygen atoms in total. The van der Waals surface area contributed by atoms with Gasteiger partial charge in [-0.1, -0.05) is 53.9 Å². The first-order chi connectivity index (χ1) is 6.98. The fraction of sp³-hybridized carbons (Fsp3) is 1.00. The molecule has 0 bridgehead atoms.